The Hall–Kier alpha value is -2.35. The fourth-order valence-electron chi connectivity index (χ4n) is 1.66. The van der Waals surface area contributed by atoms with E-state index < -0.39 is 15.7 Å². The van der Waals surface area contributed by atoms with Crippen molar-refractivity contribution in [2.75, 3.05) is 17.3 Å². The average molecular weight is 294 g/mol. The van der Waals surface area contributed by atoms with Gasteiger partial charge in [-0.05, 0) is 18.2 Å². The highest BCUT2D eigenvalue weighted by Gasteiger charge is 2.14. The topological polar surface area (TPSA) is 107 Å². The first kappa shape index (κ1) is 14.1. The molecule has 0 aliphatic rings. The van der Waals surface area contributed by atoms with Crippen LogP contribution in [-0.4, -0.2) is 30.4 Å². The second-order valence-electron chi connectivity index (χ2n) is 4.33. The monoisotopic (exact) mass is 294 g/mol. The maximum atomic E-state index is 12.1. The number of rotatable bonds is 3. The molecule has 20 heavy (non-hydrogen) atoms. The van der Waals surface area contributed by atoms with E-state index in [0.717, 1.165) is 6.26 Å². The Labute approximate surface area is 116 Å². The number of carbonyl (C=O) groups is 1. The molecule has 0 unspecified atom stereocenters. The Morgan fingerprint density at radius 1 is 1.40 bits per heavy atom. The smallest absolute Gasteiger partial charge is 0.256 e. The highest BCUT2D eigenvalue weighted by Crippen LogP contribution is 2.18. The molecule has 0 radical (unpaired) electrons. The van der Waals surface area contributed by atoms with Gasteiger partial charge < -0.3 is 11.1 Å². The molecule has 106 valence electrons. The minimum Gasteiger partial charge on any atom is -0.394 e. The molecule has 0 atom stereocenters. The Balaban J connectivity index is 2.31. The number of aryl methyl sites for hydroxylation is 1. The maximum Gasteiger partial charge on any atom is 0.256 e. The van der Waals surface area contributed by atoms with Crippen LogP contribution in [0.4, 0.5) is 11.5 Å². The predicted octanol–water partition coefficient (Wildman–Crippen LogP) is 0.658. The minimum atomic E-state index is -3.36. The van der Waals surface area contributed by atoms with Crippen LogP contribution < -0.4 is 11.1 Å². The number of carbonyl (C=O) groups excluding carboxylic acids is 1. The highest BCUT2D eigenvalue weighted by molar-refractivity contribution is 7.90. The minimum absolute atomic E-state index is 0.0862. The van der Waals surface area contributed by atoms with Crippen LogP contribution in [0.1, 0.15) is 10.4 Å². The Morgan fingerprint density at radius 2 is 2.10 bits per heavy atom. The summed E-state index contributed by atoms with van der Waals surface area (Å²) in [5, 5.41) is 6.50. The number of hydrogen-bond acceptors (Lipinski definition) is 5. The van der Waals surface area contributed by atoms with Crippen molar-refractivity contribution in [3.63, 3.8) is 0 Å². The molecule has 8 heteroatoms. The summed E-state index contributed by atoms with van der Waals surface area (Å²) in [4.78, 5) is 12.2. The first-order valence-electron chi connectivity index (χ1n) is 5.68. The molecule has 0 aliphatic carbocycles. The number of nitrogen functional groups attached to an aromatic ring is 1. The number of anilines is 2. The van der Waals surface area contributed by atoms with Gasteiger partial charge in [-0.25, -0.2) is 8.42 Å². The van der Waals surface area contributed by atoms with Crippen molar-refractivity contribution in [3.05, 3.63) is 36.0 Å². The van der Waals surface area contributed by atoms with Gasteiger partial charge in [0.2, 0.25) is 0 Å². The Kier molecular flexibility index (Phi) is 3.49. The summed E-state index contributed by atoms with van der Waals surface area (Å²) >= 11 is 0. The molecule has 2 aromatic rings. The summed E-state index contributed by atoms with van der Waals surface area (Å²) in [6.07, 6.45) is 2.51. The van der Waals surface area contributed by atoms with Crippen LogP contribution in [0, 0.1) is 0 Å². The molecular weight excluding hydrogens is 280 g/mol. The zero-order valence-corrected chi connectivity index (χ0v) is 11.8. The third-order valence-corrected chi connectivity index (χ3v) is 3.83. The van der Waals surface area contributed by atoms with Crippen LogP contribution in [0.2, 0.25) is 0 Å². The number of amides is 1. The first-order chi connectivity index (χ1) is 9.29. The fourth-order valence-corrected chi connectivity index (χ4v) is 2.32. The zero-order chi connectivity index (χ0) is 14.9. The molecular formula is C12H14N4O3S. The summed E-state index contributed by atoms with van der Waals surface area (Å²) in [7, 11) is -1.72. The molecule has 1 aromatic heterocycles. The first-order valence-corrected chi connectivity index (χ1v) is 7.57. The van der Waals surface area contributed by atoms with Gasteiger partial charge in [-0.1, -0.05) is 6.07 Å². The van der Waals surface area contributed by atoms with Gasteiger partial charge in [0, 0.05) is 18.9 Å². The van der Waals surface area contributed by atoms with Crippen LogP contribution in [0.25, 0.3) is 0 Å². The molecule has 0 fully saturated rings. The van der Waals surface area contributed by atoms with E-state index in [-0.39, 0.29) is 10.5 Å². The second kappa shape index (κ2) is 4.97. The van der Waals surface area contributed by atoms with E-state index >= 15 is 0 Å². The molecule has 0 aliphatic heterocycles. The molecule has 7 nitrogen and oxygen atoms in total. The molecule has 0 saturated heterocycles. The van der Waals surface area contributed by atoms with E-state index in [2.05, 4.69) is 10.4 Å². The number of nitrogens with zero attached hydrogens (tertiary/aromatic N) is 2. The molecule has 1 amide bonds. The summed E-state index contributed by atoms with van der Waals surface area (Å²) in [5.41, 5.74) is 6.24. The van der Waals surface area contributed by atoms with E-state index in [4.69, 9.17) is 5.73 Å². The van der Waals surface area contributed by atoms with E-state index in [1.54, 1.807) is 7.05 Å². The van der Waals surface area contributed by atoms with Gasteiger partial charge >= 0.3 is 0 Å². The van der Waals surface area contributed by atoms with Crippen molar-refractivity contribution in [3.8, 4) is 0 Å². The lowest BCUT2D eigenvalue weighted by atomic mass is 10.2. The van der Waals surface area contributed by atoms with Crippen molar-refractivity contribution >= 4 is 27.2 Å². The van der Waals surface area contributed by atoms with Gasteiger partial charge in [0.1, 0.15) is 0 Å². The van der Waals surface area contributed by atoms with Gasteiger partial charge in [0.15, 0.2) is 15.7 Å². The van der Waals surface area contributed by atoms with E-state index in [1.807, 2.05) is 0 Å². The van der Waals surface area contributed by atoms with Crippen LogP contribution >= 0.6 is 0 Å². The molecule has 3 N–H and O–H groups in total. The number of nitrogens with one attached hydrogen (secondary N) is 1. The fraction of sp³-hybridized carbons (Fsp3) is 0.167. The normalized spacial score (nSPS) is 11.3. The standard InChI is InChI=1S/C12H14N4O3S/c1-16-11(10(13)7-14-16)15-12(17)8-4-3-5-9(6-8)20(2,18)19/h3-7H,13H2,1-2H3,(H,15,17). The molecule has 0 bridgehead atoms. The molecule has 0 spiro atoms. The van der Waals surface area contributed by atoms with E-state index in [1.165, 1.54) is 35.1 Å². The Morgan fingerprint density at radius 3 is 2.65 bits per heavy atom. The largest absolute Gasteiger partial charge is 0.394 e. The number of sulfone groups is 1. The lowest BCUT2D eigenvalue weighted by Crippen LogP contribution is -2.16. The van der Waals surface area contributed by atoms with Crippen LogP contribution in [0.15, 0.2) is 35.4 Å². The van der Waals surface area contributed by atoms with Crippen LogP contribution in [0.3, 0.4) is 0 Å². The van der Waals surface area contributed by atoms with Crippen molar-refractivity contribution < 1.29 is 13.2 Å². The Bertz CT molecular complexity index is 745. The van der Waals surface area contributed by atoms with Crippen LogP contribution in [0.5, 0.6) is 0 Å². The quantitative estimate of drug-likeness (QED) is 0.864. The number of benzene rings is 1. The summed E-state index contributed by atoms with van der Waals surface area (Å²) in [6.45, 7) is 0. The van der Waals surface area contributed by atoms with Crippen LogP contribution in [-0.2, 0) is 16.9 Å². The predicted molar refractivity (Wildman–Crippen MR) is 75.1 cm³/mol. The molecule has 2 rings (SSSR count). The van der Waals surface area contributed by atoms with Gasteiger partial charge in [-0.15, -0.1) is 0 Å². The van der Waals surface area contributed by atoms with E-state index in [9.17, 15) is 13.2 Å². The SMILES string of the molecule is Cn1ncc(N)c1NC(=O)c1cccc(S(C)(=O)=O)c1. The van der Waals surface area contributed by atoms with Crippen molar-refractivity contribution in [2.45, 2.75) is 4.90 Å². The molecule has 0 saturated carbocycles. The number of hydrogen-bond donors (Lipinski definition) is 2. The summed E-state index contributed by atoms with van der Waals surface area (Å²) < 4.78 is 24.4. The van der Waals surface area contributed by atoms with Crippen molar-refractivity contribution in [1.82, 2.24) is 9.78 Å². The van der Waals surface area contributed by atoms with Gasteiger partial charge in [0.05, 0.1) is 16.8 Å². The molecule has 1 aromatic carbocycles. The van der Waals surface area contributed by atoms with Gasteiger partial charge in [-0.3, -0.25) is 9.48 Å². The lowest BCUT2D eigenvalue weighted by Gasteiger charge is -2.07. The third kappa shape index (κ3) is 2.80. The highest BCUT2D eigenvalue weighted by atomic mass is 32.2. The molecule has 1 heterocycles. The summed E-state index contributed by atoms with van der Waals surface area (Å²) in [5.74, 6) is -0.0921. The van der Waals surface area contributed by atoms with Crippen molar-refractivity contribution in [1.29, 1.82) is 0 Å². The van der Waals surface area contributed by atoms with Gasteiger partial charge in [-0.2, -0.15) is 5.10 Å². The lowest BCUT2D eigenvalue weighted by molar-refractivity contribution is 0.102. The third-order valence-electron chi connectivity index (χ3n) is 2.72. The van der Waals surface area contributed by atoms with Gasteiger partial charge in [0.25, 0.3) is 5.91 Å². The number of aromatic nitrogens is 2. The van der Waals surface area contributed by atoms with E-state index in [0.29, 0.717) is 11.5 Å². The maximum absolute atomic E-state index is 12.1. The van der Waals surface area contributed by atoms with Crippen molar-refractivity contribution in [2.24, 2.45) is 7.05 Å². The summed E-state index contributed by atoms with van der Waals surface area (Å²) in [6, 6.07) is 5.79. The zero-order valence-electron chi connectivity index (χ0n) is 11.0. The number of nitrogens with two attached hydrogens (primary N) is 1. The second-order valence-corrected chi connectivity index (χ2v) is 6.34. The average Bonchev–Trinajstić information content (AvgIpc) is 2.69.